The van der Waals surface area contributed by atoms with Gasteiger partial charge >= 0.3 is 5.63 Å². The monoisotopic (exact) mass is 142 g/mol. The summed E-state index contributed by atoms with van der Waals surface area (Å²) in [6, 6.07) is 1.35. The van der Waals surface area contributed by atoms with Crippen molar-refractivity contribution in [2.45, 2.75) is 19.4 Å². The highest BCUT2D eigenvalue weighted by molar-refractivity contribution is 5.07. The van der Waals surface area contributed by atoms with E-state index in [1.807, 2.05) is 0 Å². The minimum atomic E-state index is -0.536. The van der Waals surface area contributed by atoms with E-state index >= 15 is 0 Å². The smallest absolute Gasteiger partial charge is 0.339 e. The third-order valence-electron chi connectivity index (χ3n) is 1.22. The highest BCUT2D eigenvalue weighted by atomic mass is 16.5. The molecule has 0 spiro atoms. The van der Waals surface area contributed by atoms with E-state index in [2.05, 4.69) is 9.68 Å². The van der Waals surface area contributed by atoms with Gasteiger partial charge in [-0.05, 0) is 13.8 Å². The summed E-state index contributed by atoms with van der Waals surface area (Å²) in [6.45, 7) is 3.57. The van der Waals surface area contributed by atoms with Crippen LogP contribution in [0.15, 0.2) is 15.4 Å². The topological polar surface area (TPSA) is 72.0 Å². The Bertz CT molecular complexity index is 266. The highest BCUT2D eigenvalue weighted by Gasteiger charge is 2.16. The molecule has 0 aliphatic carbocycles. The van der Waals surface area contributed by atoms with E-state index in [4.69, 9.17) is 5.73 Å². The van der Waals surface area contributed by atoms with Gasteiger partial charge in [0.2, 0.25) is 0 Å². The van der Waals surface area contributed by atoms with Crippen molar-refractivity contribution in [3.05, 3.63) is 22.2 Å². The Labute approximate surface area is 58.0 Å². The molecule has 0 aliphatic rings. The van der Waals surface area contributed by atoms with Gasteiger partial charge in [-0.25, -0.2) is 9.95 Å². The standard InChI is InChI=1S/C6H10N2O2/c1-6(2,7)4-3-5(9)10-8-4/h3,8H,7H2,1-2H3. The second-order valence-electron chi connectivity index (χ2n) is 2.80. The summed E-state index contributed by atoms with van der Waals surface area (Å²) in [4.78, 5) is 10.5. The summed E-state index contributed by atoms with van der Waals surface area (Å²) in [7, 11) is 0. The van der Waals surface area contributed by atoms with Crippen molar-refractivity contribution < 1.29 is 4.52 Å². The Morgan fingerprint density at radius 3 is 2.50 bits per heavy atom. The van der Waals surface area contributed by atoms with E-state index in [9.17, 15) is 4.79 Å². The molecule has 1 aromatic heterocycles. The molecule has 1 rings (SSSR count). The van der Waals surface area contributed by atoms with E-state index in [1.54, 1.807) is 13.8 Å². The van der Waals surface area contributed by atoms with E-state index < -0.39 is 11.2 Å². The molecule has 1 aromatic rings. The number of hydrogen-bond acceptors (Lipinski definition) is 3. The van der Waals surface area contributed by atoms with Crippen molar-refractivity contribution >= 4 is 0 Å². The van der Waals surface area contributed by atoms with Gasteiger partial charge in [0, 0.05) is 6.07 Å². The van der Waals surface area contributed by atoms with E-state index in [0.717, 1.165) is 0 Å². The van der Waals surface area contributed by atoms with Gasteiger partial charge in [0.1, 0.15) is 0 Å². The zero-order chi connectivity index (χ0) is 7.78. The Morgan fingerprint density at radius 2 is 2.30 bits per heavy atom. The second-order valence-corrected chi connectivity index (χ2v) is 2.80. The summed E-state index contributed by atoms with van der Waals surface area (Å²) in [6.07, 6.45) is 0. The van der Waals surface area contributed by atoms with Gasteiger partial charge in [0.25, 0.3) is 0 Å². The molecule has 0 aliphatic heterocycles. The molecule has 1 heterocycles. The van der Waals surface area contributed by atoms with Crippen LogP contribution in [0.25, 0.3) is 0 Å². The average Bonchev–Trinajstić information content (AvgIpc) is 2.11. The summed E-state index contributed by atoms with van der Waals surface area (Å²) >= 11 is 0. The first kappa shape index (κ1) is 7.08. The first-order valence-electron chi connectivity index (χ1n) is 2.98. The number of aromatic amines is 1. The van der Waals surface area contributed by atoms with Crippen molar-refractivity contribution in [3.63, 3.8) is 0 Å². The molecule has 0 saturated carbocycles. The highest BCUT2D eigenvalue weighted by Crippen LogP contribution is 2.10. The van der Waals surface area contributed by atoms with Crippen LogP contribution in [0.4, 0.5) is 0 Å². The molecule has 0 bridgehead atoms. The number of rotatable bonds is 1. The first-order chi connectivity index (χ1) is 4.50. The lowest BCUT2D eigenvalue weighted by atomic mass is 10.0. The average molecular weight is 142 g/mol. The third-order valence-corrected chi connectivity index (χ3v) is 1.22. The zero-order valence-electron chi connectivity index (χ0n) is 5.97. The maximum atomic E-state index is 10.5. The van der Waals surface area contributed by atoms with Gasteiger partial charge in [0.15, 0.2) is 0 Å². The normalized spacial score (nSPS) is 11.9. The Hall–Kier alpha value is -1.03. The van der Waals surface area contributed by atoms with Crippen LogP contribution < -0.4 is 11.4 Å². The number of aromatic nitrogens is 1. The van der Waals surface area contributed by atoms with Crippen LogP contribution in [-0.4, -0.2) is 5.16 Å². The maximum absolute atomic E-state index is 10.5. The Kier molecular flexibility index (Phi) is 1.40. The molecule has 0 radical (unpaired) electrons. The molecular formula is C6H10N2O2. The molecule has 4 heteroatoms. The lowest BCUT2D eigenvalue weighted by Crippen LogP contribution is -2.29. The van der Waals surface area contributed by atoms with Crippen LogP contribution in [0.2, 0.25) is 0 Å². The molecule has 0 aromatic carbocycles. The molecule has 0 fully saturated rings. The molecule has 0 amide bonds. The quantitative estimate of drug-likeness (QED) is 0.586. The van der Waals surface area contributed by atoms with Crippen LogP contribution in [0.1, 0.15) is 19.5 Å². The van der Waals surface area contributed by atoms with E-state index in [1.165, 1.54) is 6.07 Å². The SMILES string of the molecule is CC(C)(N)c1cc(=O)o[nH]1. The van der Waals surface area contributed by atoms with Crippen LogP contribution >= 0.6 is 0 Å². The largest absolute Gasteiger partial charge is 0.357 e. The van der Waals surface area contributed by atoms with Gasteiger partial charge in [-0.1, -0.05) is 0 Å². The maximum Gasteiger partial charge on any atom is 0.357 e. The number of hydrogen-bond donors (Lipinski definition) is 2. The molecule has 4 nitrogen and oxygen atoms in total. The lowest BCUT2D eigenvalue weighted by molar-refractivity contribution is 0.367. The van der Waals surface area contributed by atoms with Crippen molar-refractivity contribution in [3.8, 4) is 0 Å². The van der Waals surface area contributed by atoms with Gasteiger partial charge < -0.3 is 10.3 Å². The van der Waals surface area contributed by atoms with E-state index in [0.29, 0.717) is 5.69 Å². The molecule has 0 atom stereocenters. The fraction of sp³-hybridized carbons (Fsp3) is 0.500. The summed E-state index contributed by atoms with van der Waals surface area (Å²) in [5.74, 6) is 0. The zero-order valence-corrected chi connectivity index (χ0v) is 5.97. The summed E-state index contributed by atoms with van der Waals surface area (Å²) in [5, 5.41) is 2.43. The molecule has 56 valence electrons. The van der Waals surface area contributed by atoms with Crippen molar-refractivity contribution in [1.82, 2.24) is 5.16 Å². The van der Waals surface area contributed by atoms with Crippen molar-refractivity contribution in [2.24, 2.45) is 5.73 Å². The number of H-pyrrole nitrogens is 1. The first-order valence-corrected chi connectivity index (χ1v) is 2.98. The summed E-state index contributed by atoms with van der Waals surface area (Å²) in [5.41, 5.74) is 5.32. The molecular weight excluding hydrogens is 132 g/mol. The number of nitrogens with one attached hydrogen (secondary N) is 1. The van der Waals surface area contributed by atoms with Crippen molar-refractivity contribution in [1.29, 1.82) is 0 Å². The van der Waals surface area contributed by atoms with Crippen LogP contribution in [-0.2, 0) is 5.54 Å². The van der Waals surface area contributed by atoms with Gasteiger partial charge in [0.05, 0.1) is 11.2 Å². The predicted molar refractivity (Wildman–Crippen MR) is 36.5 cm³/mol. The fourth-order valence-corrected chi connectivity index (χ4v) is 0.600. The van der Waals surface area contributed by atoms with Gasteiger partial charge in [-0.2, -0.15) is 0 Å². The van der Waals surface area contributed by atoms with Crippen LogP contribution in [0, 0.1) is 0 Å². The van der Waals surface area contributed by atoms with Gasteiger partial charge in [-0.3, -0.25) is 0 Å². The van der Waals surface area contributed by atoms with Crippen LogP contribution in [0.3, 0.4) is 0 Å². The van der Waals surface area contributed by atoms with Gasteiger partial charge in [-0.15, -0.1) is 0 Å². The van der Waals surface area contributed by atoms with Crippen LogP contribution in [0.5, 0.6) is 0 Å². The Balaban J connectivity index is 3.07. The Morgan fingerprint density at radius 1 is 1.70 bits per heavy atom. The summed E-state index contributed by atoms with van der Waals surface area (Å²) < 4.78 is 4.43. The predicted octanol–water partition coefficient (Wildman–Crippen LogP) is 0.162. The minimum absolute atomic E-state index is 0.395. The molecule has 3 N–H and O–H groups in total. The fourth-order valence-electron chi connectivity index (χ4n) is 0.600. The second kappa shape index (κ2) is 1.98. The molecule has 0 unspecified atom stereocenters. The molecule has 0 saturated heterocycles. The van der Waals surface area contributed by atoms with Crippen molar-refractivity contribution in [2.75, 3.05) is 0 Å². The minimum Gasteiger partial charge on any atom is -0.339 e. The lowest BCUT2D eigenvalue weighted by Gasteiger charge is -2.13. The van der Waals surface area contributed by atoms with E-state index in [-0.39, 0.29) is 0 Å². The molecule has 10 heavy (non-hydrogen) atoms. The third kappa shape index (κ3) is 1.27. The number of nitrogens with two attached hydrogens (primary N) is 1.